The number of carboxylic acid groups (broad SMARTS) is 1. The number of allylic oxidation sites excluding steroid dienone is 2. The van der Waals surface area contributed by atoms with Crippen LogP contribution in [-0.4, -0.2) is 35.7 Å². The maximum Gasteiger partial charge on any atom is 0.343 e. The van der Waals surface area contributed by atoms with Gasteiger partial charge in [-0.25, -0.2) is 9.78 Å². The van der Waals surface area contributed by atoms with E-state index < -0.39 is 17.4 Å². The molecule has 0 radical (unpaired) electrons. The fraction of sp³-hybridized carbons (Fsp3) is 0.400. The maximum absolute atomic E-state index is 11.6. The first-order valence-corrected chi connectivity index (χ1v) is 6.63. The van der Waals surface area contributed by atoms with Gasteiger partial charge in [0, 0.05) is 6.20 Å². The van der Waals surface area contributed by atoms with Crippen molar-refractivity contribution in [2.24, 2.45) is 5.41 Å². The van der Waals surface area contributed by atoms with Crippen molar-refractivity contribution < 1.29 is 24.2 Å². The molecular formula is C15H17NO5. The summed E-state index contributed by atoms with van der Waals surface area (Å²) in [6.45, 7) is -0.0340. The van der Waals surface area contributed by atoms with Crippen molar-refractivity contribution in [1.29, 1.82) is 0 Å². The molecule has 6 heteroatoms. The van der Waals surface area contributed by atoms with E-state index in [-0.39, 0.29) is 18.1 Å². The summed E-state index contributed by atoms with van der Waals surface area (Å²) in [5.74, 6) is -1.37. The van der Waals surface area contributed by atoms with Gasteiger partial charge in [0.1, 0.15) is 17.6 Å². The molecule has 0 saturated heterocycles. The number of carboxylic acids is 1. The largest absolute Gasteiger partial charge is 0.481 e. The van der Waals surface area contributed by atoms with Crippen molar-refractivity contribution in [2.75, 3.05) is 13.7 Å². The van der Waals surface area contributed by atoms with Crippen molar-refractivity contribution in [3.63, 3.8) is 0 Å². The van der Waals surface area contributed by atoms with Gasteiger partial charge < -0.3 is 14.6 Å². The Bertz CT molecular complexity index is 569. The minimum absolute atomic E-state index is 0.0340. The monoisotopic (exact) mass is 291 g/mol. The molecular weight excluding hydrogens is 274 g/mol. The third kappa shape index (κ3) is 3.21. The number of esters is 1. The number of carbonyl (C=O) groups is 2. The number of hydrogen-bond donors (Lipinski definition) is 1. The van der Waals surface area contributed by atoms with Gasteiger partial charge in [-0.2, -0.15) is 0 Å². The summed E-state index contributed by atoms with van der Waals surface area (Å²) in [4.78, 5) is 27.2. The molecule has 1 aliphatic rings. The van der Waals surface area contributed by atoms with E-state index in [9.17, 15) is 14.7 Å². The fourth-order valence-electron chi connectivity index (χ4n) is 2.25. The molecule has 1 heterocycles. The zero-order valence-electron chi connectivity index (χ0n) is 11.7. The minimum Gasteiger partial charge on any atom is -0.481 e. The SMILES string of the molecule is COC(=O)c1cccnc1OCC1(C(=O)O)CC=CCC1. The summed E-state index contributed by atoms with van der Waals surface area (Å²) in [5, 5.41) is 9.47. The second-order valence-electron chi connectivity index (χ2n) is 4.94. The predicted molar refractivity (Wildman–Crippen MR) is 74.1 cm³/mol. The highest BCUT2D eigenvalue weighted by Crippen LogP contribution is 2.34. The zero-order valence-corrected chi connectivity index (χ0v) is 11.7. The number of pyridine rings is 1. The average Bonchev–Trinajstić information content (AvgIpc) is 2.53. The summed E-state index contributed by atoms with van der Waals surface area (Å²) in [6, 6.07) is 3.12. The van der Waals surface area contributed by atoms with Crippen LogP contribution in [0.25, 0.3) is 0 Å². The summed E-state index contributed by atoms with van der Waals surface area (Å²) >= 11 is 0. The molecule has 2 rings (SSSR count). The molecule has 0 spiro atoms. The summed E-state index contributed by atoms with van der Waals surface area (Å²) < 4.78 is 10.2. The van der Waals surface area contributed by atoms with E-state index >= 15 is 0 Å². The van der Waals surface area contributed by atoms with Crippen LogP contribution >= 0.6 is 0 Å². The zero-order chi connectivity index (χ0) is 15.3. The Labute approximate surface area is 122 Å². The van der Waals surface area contributed by atoms with Crippen molar-refractivity contribution >= 4 is 11.9 Å². The first-order valence-electron chi connectivity index (χ1n) is 6.63. The summed E-state index contributed by atoms with van der Waals surface area (Å²) in [7, 11) is 1.27. The van der Waals surface area contributed by atoms with Crippen molar-refractivity contribution in [3.8, 4) is 5.88 Å². The normalized spacial score (nSPS) is 20.8. The lowest BCUT2D eigenvalue weighted by molar-refractivity contribution is -0.151. The lowest BCUT2D eigenvalue weighted by atomic mass is 9.78. The van der Waals surface area contributed by atoms with Gasteiger partial charge in [0.2, 0.25) is 5.88 Å². The van der Waals surface area contributed by atoms with E-state index in [1.54, 1.807) is 6.07 Å². The van der Waals surface area contributed by atoms with Gasteiger partial charge in [0.05, 0.1) is 7.11 Å². The van der Waals surface area contributed by atoms with Gasteiger partial charge in [-0.1, -0.05) is 12.2 Å². The van der Waals surface area contributed by atoms with E-state index in [4.69, 9.17) is 4.74 Å². The molecule has 21 heavy (non-hydrogen) atoms. The molecule has 1 aromatic heterocycles. The predicted octanol–water partition coefficient (Wildman–Crippen LogP) is 2.06. The number of aliphatic carboxylic acids is 1. The van der Waals surface area contributed by atoms with Crippen LogP contribution in [0.5, 0.6) is 5.88 Å². The quantitative estimate of drug-likeness (QED) is 0.660. The van der Waals surface area contributed by atoms with Crippen molar-refractivity contribution in [2.45, 2.75) is 19.3 Å². The topological polar surface area (TPSA) is 85.7 Å². The first-order chi connectivity index (χ1) is 10.1. The number of methoxy groups -OCH3 is 1. The molecule has 6 nitrogen and oxygen atoms in total. The number of nitrogens with zero attached hydrogens (tertiary/aromatic N) is 1. The second kappa shape index (κ2) is 6.39. The number of ether oxygens (including phenoxy) is 2. The van der Waals surface area contributed by atoms with Crippen LogP contribution in [0.4, 0.5) is 0 Å². The van der Waals surface area contributed by atoms with Gasteiger partial charge in [0.15, 0.2) is 0 Å². The number of hydrogen-bond acceptors (Lipinski definition) is 5. The second-order valence-corrected chi connectivity index (χ2v) is 4.94. The fourth-order valence-corrected chi connectivity index (χ4v) is 2.25. The molecule has 0 saturated carbocycles. The van der Waals surface area contributed by atoms with Crippen LogP contribution in [0.2, 0.25) is 0 Å². The Morgan fingerprint density at radius 2 is 2.24 bits per heavy atom. The van der Waals surface area contributed by atoms with Crippen LogP contribution < -0.4 is 4.74 Å². The average molecular weight is 291 g/mol. The molecule has 1 N–H and O–H groups in total. The molecule has 0 amide bonds. The summed E-state index contributed by atoms with van der Waals surface area (Å²) in [5.41, 5.74) is -0.786. The Hall–Kier alpha value is -2.37. The highest BCUT2D eigenvalue weighted by Gasteiger charge is 2.39. The highest BCUT2D eigenvalue weighted by atomic mass is 16.5. The Balaban J connectivity index is 2.17. The Morgan fingerprint density at radius 1 is 1.43 bits per heavy atom. The van der Waals surface area contributed by atoms with E-state index in [0.29, 0.717) is 19.3 Å². The molecule has 0 aliphatic heterocycles. The third-order valence-electron chi connectivity index (χ3n) is 3.58. The van der Waals surface area contributed by atoms with Gasteiger partial charge in [-0.3, -0.25) is 4.79 Å². The van der Waals surface area contributed by atoms with Gasteiger partial charge >= 0.3 is 11.9 Å². The van der Waals surface area contributed by atoms with Gasteiger partial charge in [-0.05, 0) is 31.4 Å². The number of carbonyl (C=O) groups excluding carboxylic acids is 1. The molecule has 0 bridgehead atoms. The molecule has 1 atom stereocenters. The number of rotatable bonds is 5. The molecule has 0 aromatic carbocycles. The Kier molecular flexibility index (Phi) is 4.57. The van der Waals surface area contributed by atoms with Crippen LogP contribution in [0.3, 0.4) is 0 Å². The van der Waals surface area contributed by atoms with Crippen LogP contribution in [0.15, 0.2) is 30.5 Å². The smallest absolute Gasteiger partial charge is 0.343 e. The minimum atomic E-state index is -0.973. The molecule has 1 aliphatic carbocycles. The molecule has 0 fully saturated rings. The highest BCUT2D eigenvalue weighted by molar-refractivity contribution is 5.91. The lowest BCUT2D eigenvalue weighted by Crippen LogP contribution is -2.38. The molecule has 1 unspecified atom stereocenters. The van der Waals surface area contributed by atoms with Gasteiger partial charge in [-0.15, -0.1) is 0 Å². The van der Waals surface area contributed by atoms with Crippen molar-refractivity contribution in [1.82, 2.24) is 4.98 Å². The number of aromatic nitrogens is 1. The molecule has 112 valence electrons. The molecule has 1 aromatic rings. The lowest BCUT2D eigenvalue weighted by Gasteiger charge is -2.30. The van der Waals surface area contributed by atoms with E-state index in [2.05, 4.69) is 9.72 Å². The summed E-state index contributed by atoms with van der Waals surface area (Å²) in [6.07, 6.45) is 6.89. The van der Waals surface area contributed by atoms with Crippen LogP contribution in [-0.2, 0) is 9.53 Å². The maximum atomic E-state index is 11.6. The van der Waals surface area contributed by atoms with Crippen molar-refractivity contribution in [3.05, 3.63) is 36.0 Å². The standard InChI is InChI=1S/C15H17NO5/c1-20-13(17)11-6-5-9-16-12(11)21-10-15(14(18)19)7-3-2-4-8-15/h2-3,5-6,9H,4,7-8,10H2,1H3,(H,18,19). The van der Waals surface area contributed by atoms with E-state index in [1.807, 2.05) is 12.2 Å². The first kappa shape index (κ1) is 15.0. The third-order valence-corrected chi connectivity index (χ3v) is 3.58. The Morgan fingerprint density at radius 3 is 2.86 bits per heavy atom. The van der Waals surface area contributed by atoms with E-state index in [0.717, 1.165) is 0 Å². The van der Waals surface area contributed by atoms with Crippen LogP contribution in [0.1, 0.15) is 29.6 Å². The van der Waals surface area contributed by atoms with E-state index in [1.165, 1.54) is 19.4 Å². The van der Waals surface area contributed by atoms with Crippen LogP contribution in [0, 0.1) is 5.41 Å². The van der Waals surface area contributed by atoms with Gasteiger partial charge in [0.25, 0.3) is 0 Å².